The van der Waals surface area contributed by atoms with Crippen molar-refractivity contribution in [3.05, 3.63) is 125 Å². The minimum absolute atomic E-state index is 0.0299. The van der Waals surface area contributed by atoms with Crippen molar-refractivity contribution in [2.24, 2.45) is 0 Å². The lowest BCUT2D eigenvalue weighted by Gasteiger charge is -2.29. The Kier molecular flexibility index (Phi) is 11.7. The van der Waals surface area contributed by atoms with E-state index in [1.54, 1.807) is 50.2 Å². The lowest BCUT2D eigenvalue weighted by molar-refractivity contribution is -0.170. The number of amides is 1. The fourth-order valence-corrected chi connectivity index (χ4v) is 5.05. The van der Waals surface area contributed by atoms with Crippen molar-refractivity contribution in [2.75, 3.05) is 25.1 Å². The van der Waals surface area contributed by atoms with Gasteiger partial charge in [-0.25, -0.2) is 0 Å². The van der Waals surface area contributed by atoms with Crippen molar-refractivity contribution in [3.63, 3.8) is 0 Å². The summed E-state index contributed by atoms with van der Waals surface area (Å²) < 4.78 is 55.0. The van der Waals surface area contributed by atoms with E-state index in [9.17, 15) is 37.1 Å². The molecule has 0 radical (unpaired) electrons. The Labute approximate surface area is 280 Å². The summed E-state index contributed by atoms with van der Waals surface area (Å²) in [6.45, 7) is 2.34. The molecule has 1 amide bonds. The van der Waals surface area contributed by atoms with E-state index < -0.39 is 47.6 Å². The summed E-state index contributed by atoms with van der Waals surface area (Å²) in [6.07, 6.45) is -4.39. The number of anilines is 1. The van der Waals surface area contributed by atoms with Crippen molar-refractivity contribution in [1.82, 2.24) is 0 Å². The van der Waals surface area contributed by atoms with Gasteiger partial charge in [0, 0.05) is 11.1 Å². The molecule has 0 spiro atoms. The third-order valence-corrected chi connectivity index (χ3v) is 7.50. The first-order valence-electron chi connectivity index (χ1n) is 15.2. The normalized spacial score (nSPS) is 11.3. The molecule has 0 saturated heterocycles. The topological polar surface area (TPSA) is 125 Å². The van der Waals surface area contributed by atoms with Crippen LogP contribution in [0.2, 0.25) is 0 Å². The SMILES string of the molecule is CCOC(=O)C(COC(=O)Cc1ccc(NC(=O)c2ccccc2-c2ccc(C(F)(F)F)cc2)c(C=O)c1)(C(=O)OCC)c1ccccc1. The van der Waals surface area contributed by atoms with Crippen LogP contribution in [0.1, 0.15) is 51.3 Å². The zero-order valence-corrected chi connectivity index (χ0v) is 26.5. The standard InChI is InChI=1S/C37H32F3NO8/c1-3-47-34(45)36(35(46)48-4-2,27-10-6-5-7-11-27)23-49-32(43)21-24-14-19-31(26(20-24)22-42)41-33(44)30-13-9-8-12-29(30)25-15-17-28(18-16-25)37(38,39)40/h5-20,22H,3-4,21,23H2,1-2H3,(H,41,44). The number of hydrogen-bond donors (Lipinski definition) is 1. The van der Waals surface area contributed by atoms with Gasteiger partial charge in [-0.05, 0) is 66.4 Å². The Balaban J connectivity index is 1.52. The van der Waals surface area contributed by atoms with Gasteiger partial charge in [0.25, 0.3) is 5.91 Å². The molecule has 4 aromatic rings. The van der Waals surface area contributed by atoms with Gasteiger partial charge in [-0.3, -0.25) is 24.0 Å². The molecule has 4 aromatic carbocycles. The molecular weight excluding hydrogens is 643 g/mol. The molecule has 0 bridgehead atoms. The number of carbonyl (C=O) groups is 5. The first kappa shape index (κ1) is 36.1. The highest BCUT2D eigenvalue weighted by Crippen LogP contribution is 2.33. The highest BCUT2D eigenvalue weighted by Gasteiger charge is 2.52. The molecular formula is C37H32F3NO8. The summed E-state index contributed by atoms with van der Waals surface area (Å²) in [7, 11) is 0. The monoisotopic (exact) mass is 675 g/mol. The Morgan fingerprint density at radius 2 is 1.35 bits per heavy atom. The molecule has 0 aliphatic heterocycles. The molecule has 0 aliphatic carbocycles. The van der Waals surface area contributed by atoms with Crippen molar-refractivity contribution in [2.45, 2.75) is 31.9 Å². The van der Waals surface area contributed by atoms with Gasteiger partial charge in [0.1, 0.15) is 6.61 Å². The smallest absolute Gasteiger partial charge is 0.416 e. The van der Waals surface area contributed by atoms with E-state index in [1.807, 2.05) is 0 Å². The number of aldehydes is 1. The molecule has 9 nitrogen and oxygen atoms in total. The van der Waals surface area contributed by atoms with E-state index in [4.69, 9.17) is 14.2 Å². The largest absolute Gasteiger partial charge is 0.465 e. The van der Waals surface area contributed by atoms with Gasteiger partial charge >= 0.3 is 24.1 Å². The van der Waals surface area contributed by atoms with Crippen LogP contribution in [-0.4, -0.2) is 49.9 Å². The summed E-state index contributed by atoms with van der Waals surface area (Å²) in [5.74, 6) is -3.35. The maximum absolute atomic E-state index is 13.3. The van der Waals surface area contributed by atoms with Crippen LogP contribution in [-0.2, 0) is 46.6 Å². The van der Waals surface area contributed by atoms with Gasteiger partial charge in [0.15, 0.2) is 6.29 Å². The quantitative estimate of drug-likeness (QED) is 0.0729. The second kappa shape index (κ2) is 15.9. The lowest BCUT2D eigenvalue weighted by atomic mass is 9.81. The third kappa shape index (κ3) is 8.39. The Bertz CT molecular complexity index is 1800. The molecule has 0 aromatic heterocycles. The van der Waals surface area contributed by atoms with Crippen molar-refractivity contribution in [1.29, 1.82) is 0 Å². The van der Waals surface area contributed by atoms with Crippen LogP contribution in [0.4, 0.5) is 18.9 Å². The molecule has 1 N–H and O–H groups in total. The molecule has 4 rings (SSSR count). The molecule has 0 heterocycles. The first-order valence-corrected chi connectivity index (χ1v) is 15.2. The number of carbonyl (C=O) groups excluding carboxylic acids is 5. The minimum atomic E-state index is -4.51. The number of nitrogens with one attached hydrogen (secondary N) is 1. The minimum Gasteiger partial charge on any atom is -0.465 e. The van der Waals surface area contributed by atoms with Gasteiger partial charge in [-0.2, -0.15) is 13.2 Å². The number of hydrogen-bond acceptors (Lipinski definition) is 8. The second-order valence-corrected chi connectivity index (χ2v) is 10.7. The highest BCUT2D eigenvalue weighted by molar-refractivity contribution is 6.10. The van der Waals surface area contributed by atoms with Crippen molar-refractivity contribution >= 4 is 35.8 Å². The van der Waals surface area contributed by atoms with Gasteiger partial charge in [-0.1, -0.05) is 66.7 Å². The lowest BCUT2D eigenvalue weighted by Crippen LogP contribution is -2.50. The summed E-state index contributed by atoms with van der Waals surface area (Å²) >= 11 is 0. The van der Waals surface area contributed by atoms with E-state index in [1.165, 1.54) is 48.5 Å². The fraction of sp³-hybridized carbons (Fsp3) is 0.216. The van der Waals surface area contributed by atoms with E-state index in [0.29, 0.717) is 23.0 Å². The summed E-state index contributed by atoms with van der Waals surface area (Å²) in [5.41, 5.74) is -1.32. The maximum Gasteiger partial charge on any atom is 0.416 e. The maximum atomic E-state index is 13.3. The van der Waals surface area contributed by atoms with Crippen LogP contribution in [0, 0.1) is 0 Å². The predicted molar refractivity (Wildman–Crippen MR) is 173 cm³/mol. The Hall–Kier alpha value is -5.78. The van der Waals surface area contributed by atoms with Gasteiger partial charge in [-0.15, -0.1) is 0 Å². The predicted octanol–water partition coefficient (Wildman–Crippen LogP) is 6.59. The number of rotatable bonds is 13. The molecule has 0 aliphatic rings. The molecule has 254 valence electrons. The van der Waals surface area contributed by atoms with Crippen LogP contribution < -0.4 is 5.32 Å². The molecule has 0 unspecified atom stereocenters. The fourth-order valence-electron chi connectivity index (χ4n) is 5.05. The van der Waals surface area contributed by atoms with E-state index >= 15 is 0 Å². The van der Waals surface area contributed by atoms with Gasteiger partial charge in [0.2, 0.25) is 5.41 Å². The average molecular weight is 676 g/mol. The summed E-state index contributed by atoms with van der Waals surface area (Å²) in [6, 6.07) is 22.9. The molecule has 0 atom stereocenters. The number of alkyl halides is 3. The van der Waals surface area contributed by atoms with Crippen LogP contribution in [0.3, 0.4) is 0 Å². The van der Waals surface area contributed by atoms with E-state index in [-0.39, 0.29) is 42.0 Å². The molecule has 49 heavy (non-hydrogen) atoms. The van der Waals surface area contributed by atoms with Gasteiger partial charge < -0.3 is 19.5 Å². The molecule has 0 fully saturated rings. The van der Waals surface area contributed by atoms with Crippen molar-refractivity contribution in [3.8, 4) is 11.1 Å². The molecule has 12 heteroatoms. The average Bonchev–Trinajstić information content (AvgIpc) is 3.09. The van der Waals surface area contributed by atoms with E-state index in [0.717, 1.165) is 12.1 Å². The van der Waals surface area contributed by atoms with Crippen LogP contribution in [0.15, 0.2) is 97.1 Å². The zero-order chi connectivity index (χ0) is 35.6. The van der Waals surface area contributed by atoms with E-state index in [2.05, 4.69) is 5.32 Å². The second-order valence-electron chi connectivity index (χ2n) is 10.7. The summed E-state index contributed by atoms with van der Waals surface area (Å²) in [4.78, 5) is 64.7. The highest BCUT2D eigenvalue weighted by atomic mass is 19.4. The van der Waals surface area contributed by atoms with Crippen LogP contribution in [0.25, 0.3) is 11.1 Å². The number of esters is 3. The summed E-state index contributed by atoms with van der Waals surface area (Å²) in [5, 5.41) is 2.65. The van der Waals surface area contributed by atoms with Crippen LogP contribution >= 0.6 is 0 Å². The Morgan fingerprint density at radius 1 is 0.735 bits per heavy atom. The number of ether oxygens (including phenoxy) is 3. The third-order valence-electron chi connectivity index (χ3n) is 7.50. The number of halogens is 3. The van der Waals surface area contributed by atoms with Crippen LogP contribution in [0.5, 0.6) is 0 Å². The van der Waals surface area contributed by atoms with Crippen molar-refractivity contribution < 1.29 is 51.4 Å². The number of benzene rings is 4. The Morgan fingerprint density at radius 3 is 1.94 bits per heavy atom. The first-order chi connectivity index (χ1) is 23.4. The van der Waals surface area contributed by atoms with Gasteiger partial charge in [0.05, 0.1) is 30.9 Å². The zero-order valence-electron chi connectivity index (χ0n) is 26.5. The molecule has 0 saturated carbocycles.